The topological polar surface area (TPSA) is 76.4 Å². The first-order valence-electron chi connectivity index (χ1n) is 11.6. The molecule has 2 aromatic carbocycles. The van der Waals surface area contributed by atoms with Crippen molar-refractivity contribution in [1.82, 2.24) is 25.1 Å². The van der Waals surface area contributed by atoms with E-state index in [9.17, 15) is 4.79 Å². The Morgan fingerprint density at radius 1 is 1.18 bits per heavy atom. The van der Waals surface area contributed by atoms with Gasteiger partial charge >= 0.3 is 0 Å². The minimum absolute atomic E-state index is 0.0488. The molecule has 0 unspecified atom stereocenters. The van der Waals surface area contributed by atoms with Crippen LogP contribution in [0.4, 0.5) is 5.69 Å². The molecule has 0 aliphatic carbocycles. The average molecular weight is 481 g/mol. The molecule has 4 rings (SSSR count). The molecule has 0 radical (unpaired) electrons. The molecule has 1 aliphatic rings. The van der Waals surface area contributed by atoms with Gasteiger partial charge in [-0.25, -0.2) is 0 Å². The summed E-state index contributed by atoms with van der Waals surface area (Å²) in [4.78, 5) is 17.3. The Labute approximate surface area is 205 Å². The normalized spacial score (nSPS) is 15.5. The molecule has 0 spiro atoms. The van der Waals surface area contributed by atoms with E-state index < -0.39 is 0 Å². The lowest BCUT2D eigenvalue weighted by atomic mass is 10.1. The predicted octanol–water partition coefficient (Wildman–Crippen LogP) is 3.65. The largest absolute Gasteiger partial charge is 0.378 e. The average Bonchev–Trinajstić information content (AvgIpc) is 3.51. The lowest BCUT2D eigenvalue weighted by Crippen LogP contribution is -2.38. The van der Waals surface area contributed by atoms with Crippen molar-refractivity contribution in [1.29, 1.82) is 0 Å². The van der Waals surface area contributed by atoms with Crippen molar-refractivity contribution in [2.75, 3.05) is 37.9 Å². The summed E-state index contributed by atoms with van der Waals surface area (Å²) in [5.74, 6) is 0.306. The summed E-state index contributed by atoms with van der Waals surface area (Å²) in [5, 5.41) is 12.8. The highest BCUT2D eigenvalue weighted by molar-refractivity contribution is 7.99. The summed E-state index contributed by atoms with van der Waals surface area (Å²) in [5.41, 5.74) is 5.45. The third kappa shape index (κ3) is 5.77. The summed E-state index contributed by atoms with van der Waals surface area (Å²) < 4.78 is 7.54. The van der Waals surface area contributed by atoms with E-state index in [0.717, 1.165) is 42.0 Å². The van der Waals surface area contributed by atoms with Crippen LogP contribution in [0.25, 0.3) is 5.69 Å². The molecule has 1 saturated heterocycles. The molecule has 1 atom stereocenters. The lowest BCUT2D eigenvalue weighted by molar-refractivity contribution is -0.130. The molecule has 1 aromatic heterocycles. The number of rotatable bonds is 9. The molecular weight excluding hydrogens is 448 g/mol. The Morgan fingerprint density at radius 3 is 2.68 bits per heavy atom. The van der Waals surface area contributed by atoms with Gasteiger partial charge in [-0.05, 0) is 72.0 Å². The van der Waals surface area contributed by atoms with Crippen LogP contribution in [0.15, 0.2) is 47.6 Å². The number of benzene rings is 2. The zero-order valence-corrected chi connectivity index (χ0v) is 21.1. The maximum atomic E-state index is 13.3. The van der Waals surface area contributed by atoms with E-state index in [1.165, 1.54) is 17.3 Å². The summed E-state index contributed by atoms with van der Waals surface area (Å²) in [6.45, 7) is 6.03. The van der Waals surface area contributed by atoms with E-state index in [2.05, 4.69) is 64.6 Å². The second-order valence-electron chi connectivity index (χ2n) is 8.85. The van der Waals surface area contributed by atoms with Crippen molar-refractivity contribution >= 4 is 23.4 Å². The first-order chi connectivity index (χ1) is 16.4. The third-order valence-electron chi connectivity index (χ3n) is 6.20. The second kappa shape index (κ2) is 11.0. The van der Waals surface area contributed by atoms with Crippen LogP contribution < -0.4 is 4.90 Å². The van der Waals surface area contributed by atoms with E-state index in [4.69, 9.17) is 4.74 Å². The Kier molecular flexibility index (Phi) is 7.84. The van der Waals surface area contributed by atoms with Crippen LogP contribution in [0, 0.1) is 13.8 Å². The van der Waals surface area contributed by atoms with Crippen molar-refractivity contribution in [3.05, 3.63) is 59.2 Å². The van der Waals surface area contributed by atoms with Crippen molar-refractivity contribution in [2.24, 2.45) is 0 Å². The van der Waals surface area contributed by atoms with Gasteiger partial charge in [-0.2, -0.15) is 4.68 Å². The first-order valence-corrected chi connectivity index (χ1v) is 12.5. The fraction of sp³-hybridized carbons (Fsp3) is 0.440. The molecule has 1 aliphatic heterocycles. The van der Waals surface area contributed by atoms with Gasteiger partial charge in [-0.15, -0.1) is 5.10 Å². The smallest absolute Gasteiger partial charge is 0.233 e. The van der Waals surface area contributed by atoms with Gasteiger partial charge in [0.05, 0.1) is 17.5 Å². The molecule has 2 heterocycles. The van der Waals surface area contributed by atoms with Crippen LogP contribution in [0.2, 0.25) is 0 Å². The lowest BCUT2D eigenvalue weighted by Gasteiger charge is -2.26. The number of anilines is 1. The molecule has 9 heteroatoms. The molecule has 1 fully saturated rings. The SMILES string of the molecule is Cc1cccc(-n2nnnc2SCC(=O)N(Cc2ccc(N(C)C)cc2)C[C@H]2CCCO2)c1C. The molecule has 8 nitrogen and oxygen atoms in total. The minimum Gasteiger partial charge on any atom is -0.378 e. The van der Waals surface area contributed by atoms with Gasteiger partial charge in [0.25, 0.3) is 0 Å². The minimum atomic E-state index is 0.0488. The first kappa shape index (κ1) is 24.2. The number of ether oxygens (including phenoxy) is 1. The van der Waals surface area contributed by atoms with Crippen molar-refractivity contribution < 1.29 is 9.53 Å². The predicted molar refractivity (Wildman–Crippen MR) is 135 cm³/mol. The molecule has 180 valence electrons. The molecule has 0 saturated carbocycles. The van der Waals surface area contributed by atoms with Crippen molar-refractivity contribution in [3.8, 4) is 5.69 Å². The zero-order chi connectivity index (χ0) is 24.1. The van der Waals surface area contributed by atoms with Crippen LogP contribution >= 0.6 is 11.8 Å². The molecule has 0 bridgehead atoms. The fourth-order valence-electron chi connectivity index (χ4n) is 4.01. The number of tetrazole rings is 1. The quantitative estimate of drug-likeness (QED) is 0.433. The number of carbonyl (C=O) groups excluding carboxylic acids is 1. The Balaban J connectivity index is 1.47. The number of amides is 1. The molecular formula is C25H32N6O2S. The molecule has 0 N–H and O–H groups in total. The van der Waals surface area contributed by atoms with Gasteiger partial charge < -0.3 is 14.5 Å². The maximum absolute atomic E-state index is 13.3. The van der Waals surface area contributed by atoms with E-state index >= 15 is 0 Å². The van der Waals surface area contributed by atoms with Gasteiger partial charge in [-0.3, -0.25) is 4.79 Å². The van der Waals surface area contributed by atoms with Crippen molar-refractivity contribution in [2.45, 2.75) is 44.5 Å². The number of aromatic nitrogens is 4. The van der Waals surface area contributed by atoms with E-state index in [-0.39, 0.29) is 17.8 Å². The van der Waals surface area contributed by atoms with Crippen LogP contribution in [0.5, 0.6) is 0 Å². The number of hydrogen-bond acceptors (Lipinski definition) is 7. The standard InChI is InChI=1S/C25H32N6O2S/c1-18-7-5-9-23(19(18)2)31-25(26-27-28-31)34-17-24(32)30(16-22-8-6-14-33-22)15-20-10-12-21(13-11-20)29(3)4/h5,7,9-13,22H,6,8,14-17H2,1-4H3/t22-/m1/s1. The molecule has 1 amide bonds. The van der Waals surface area contributed by atoms with Gasteiger partial charge in [0.2, 0.25) is 11.1 Å². The number of aryl methyl sites for hydroxylation is 1. The van der Waals surface area contributed by atoms with Gasteiger partial charge in [0.15, 0.2) is 0 Å². The third-order valence-corrected chi connectivity index (χ3v) is 7.10. The summed E-state index contributed by atoms with van der Waals surface area (Å²) in [6, 6.07) is 14.4. The number of thioether (sulfide) groups is 1. The highest BCUT2D eigenvalue weighted by Gasteiger charge is 2.24. The highest BCUT2D eigenvalue weighted by atomic mass is 32.2. The van der Waals surface area contributed by atoms with Crippen LogP contribution in [0.1, 0.15) is 29.5 Å². The van der Waals surface area contributed by atoms with Gasteiger partial charge in [0, 0.05) is 39.5 Å². The van der Waals surface area contributed by atoms with Gasteiger partial charge in [-0.1, -0.05) is 36.0 Å². The number of nitrogens with zero attached hydrogens (tertiary/aromatic N) is 6. The van der Waals surface area contributed by atoms with E-state index in [1.807, 2.05) is 31.1 Å². The monoisotopic (exact) mass is 480 g/mol. The van der Waals surface area contributed by atoms with Crippen molar-refractivity contribution in [3.63, 3.8) is 0 Å². The van der Waals surface area contributed by atoms with Crippen LogP contribution in [-0.2, 0) is 16.1 Å². The second-order valence-corrected chi connectivity index (χ2v) is 9.79. The summed E-state index contributed by atoms with van der Waals surface area (Å²) in [6.07, 6.45) is 2.13. The highest BCUT2D eigenvalue weighted by Crippen LogP contribution is 2.24. The van der Waals surface area contributed by atoms with Crippen LogP contribution in [-0.4, -0.2) is 70.1 Å². The number of carbonyl (C=O) groups is 1. The Hall–Kier alpha value is -2.91. The van der Waals surface area contributed by atoms with E-state index in [0.29, 0.717) is 18.2 Å². The Bertz CT molecular complexity index is 1110. The zero-order valence-electron chi connectivity index (χ0n) is 20.3. The maximum Gasteiger partial charge on any atom is 0.233 e. The molecule has 3 aromatic rings. The number of hydrogen-bond donors (Lipinski definition) is 0. The molecule has 34 heavy (non-hydrogen) atoms. The van der Waals surface area contributed by atoms with Crippen LogP contribution in [0.3, 0.4) is 0 Å². The summed E-state index contributed by atoms with van der Waals surface area (Å²) >= 11 is 1.36. The van der Waals surface area contributed by atoms with E-state index in [1.54, 1.807) is 4.68 Å². The fourth-order valence-corrected chi connectivity index (χ4v) is 4.80. The summed E-state index contributed by atoms with van der Waals surface area (Å²) in [7, 11) is 4.04. The van der Waals surface area contributed by atoms with Gasteiger partial charge in [0.1, 0.15) is 0 Å². The Morgan fingerprint density at radius 2 is 1.97 bits per heavy atom.